The normalized spacial score (nSPS) is 13.5. The maximum atomic E-state index is 13.1. The van der Waals surface area contributed by atoms with E-state index in [2.05, 4.69) is 29.7 Å². The second kappa shape index (κ2) is 8.44. The zero-order valence-electron chi connectivity index (χ0n) is 15.3. The molecule has 0 amide bonds. The van der Waals surface area contributed by atoms with E-state index in [-0.39, 0.29) is 29.9 Å². The third kappa shape index (κ3) is 4.80. The number of anilines is 1. The highest BCUT2D eigenvalue weighted by Crippen LogP contribution is 2.41. The monoisotopic (exact) mass is 422 g/mol. The Bertz CT molecular complexity index is 992. The topological polar surface area (TPSA) is 78.4 Å². The van der Waals surface area contributed by atoms with Gasteiger partial charge in [-0.1, -0.05) is 6.07 Å². The van der Waals surface area contributed by atoms with Crippen molar-refractivity contribution in [2.45, 2.75) is 12.7 Å². The van der Waals surface area contributed by atoms with Gasteiger partial charge in [0.15, 0.2) is 11.5 Å². The number of fused-ring (bicyclic) bond motifs is 1. The summed E-state index contributed by atoms with van der Waals surface area (Å²) in [6.45, 7) is 0.517. The quantitative estimate of drug-likeness (QED) is 0.644. The summed E-state index contributed by atoms with van der Waals surface area (Å²) >= 11 is 0. The first-order valence-corrected chi connectivity index (χ1v) is 8.48. The van der Waals surface area contributed by atoms with Gasteiger partial charge >= 0.3 is 12.3 Å². The lowest BCUT2D eigenvalue weighted by Crippen LogP contribution is -2.25. The molecule has 1 N–H and O–H groups in total. The molecule has 0 unspecified atom stereocenters. The average Bonchev–Trinajstić information content (AvgIpc) is 3.01. The third-order valence-electron chi connectivity index (χ3n) is 4.03. The molecule has 0 saturated heterocycles. The maximum absolute atomic E-state index is 13.1. The number of pyridine rings is 1. The van der Waals surface area contributed by atoms with E-state index in [1.807, 2.05) is 12.1 Å². The van der Waals surface area contributed by atoms with Crippen LogP contribution in [0, 0.1) is 0 Å². The molecule has 152 valence electrons. The van der Waals surface area contributed by atoms with E-state index in [1.54, 1.807) is 30.6 Å². The van der Waals surface area contributed by atoms with Gasteiger partial charge in [0.25, 0.3) is 0 Å². The Morgan fingerprint density at radius 1 is 1.10 bits per heavy atom. The summed E-state index contributed by atoms with van der Waals surface area (Å²) in [6.07, 6.45) is 0.340. The van der Waals surface area contributed by atoms with Crippen molar-refractivity contribution in [1.82, 2.24) is 15.0 Å². The summed E-state index contributed by atoms with van der Waals surface area (Å²) in [7, 11) is 1.49. The van der Waals surface area contributed by atoms with Crippen LogP contribution in [0.25, 0.3) is 11.3 Å². The molecule has 3 heterocycles. The minimum atomic E-state index is -3.61. The molecule has 10 heteroatoms. The van der Waals surface area contributed by atoms with Gasteiger partial charge in [0, 0.05) is 30.6 Å². The summed E-state index contributed by atoms with van der Waals surface area (Å²) in [5.41, 5.74) is 2.33. The Kier molecular flexibility index (Phi) is 5.97. The molecule has 1 aliphatic heterocycles. The van der Waals surface area contributed by atoms with Gasteiger partial charge in [0.1, 0.15) is 5.82 Å². The molecule has 4 rings (SSSR count). The number of methoxy groups -OCH3 is 1. The van der Waals surface area contributed by atoms with Crippen LogP contribution in [-0.2, 0) is 6.42 Å². The molecule has 0 fully saturated rings. The molecule has 29 heavy (non-hydrogen) atoms. The van der Waals surface area contributed by atoms with Gasteiger partial charge in [0.05, 0.1) is 12.8 Å². The van der Waals surface area contributed by atoms with Crippen LogP contribution < -0.4 is 19.5 Å². The maximum Gasteiger partial charge on any atom is 0.586 e. The zero-order chi connectivity index (χ0) is 19.6. The van der Waals surface area contributed by atoms with E-state index in [1.165, 1.54) is 13.2 Å². The van der Waals surface area contributed by atoms with E-state index in [9.17, 15) is 8.78 Å². The standard InChI is InChI=1S/C19H16F2N4O3.ClH/c1-26-18-24-14(13-3-2-7-22-11-13)10-17(25-18)23-8-6-12-4-5-15-16(9-12)28-19(20,21)27-15;/h2-5,7,9-11H,6,8H2,1H3,(H,23,24,25);1H. The molecule has 1 aromatic carbocycles. The van der Waals surface area contributed by atoms with E-state index in [0.717, 1.165) is 11.1 Å². The lowest BCUT2D eigenvalue weighted by Gasteiger charge is -2.09. The van der Waals surface area contributed by atoms with Crippen LogP contribution in [0.2, 0.25) is 0 Å². The Morgan fingerprint density at radius 2 is 1.93 bits per heavy atom. The lowest BCUT2D eigenvalue weighted by molar-refractivity contribution is -0.286. The van der Waals surface area contributed by atoms with Crippen LogP contribution in [0.5, 0.6) is 17.5 Å². The minimum absolute atomic E-state index is 0. The van der Waals surface area contributed by atoms with Crippen molar-refractivity contribution in [2.75, 3.05) is 19.0 Å². The van der Waals surface area contributed by atoms with Gasteiger partial charge in [0.2, 0.25) is 0 Å². The second-order valence-electron chi connectivity index (χ2n) is 5.99. The predicted molar refractivity (Wildman–Crippen MR) is 104 cm³/mol. The van der Waals surface area contributed by atoms with Crippen molar-refractivity contribution in [2.24, 2.45) is 0 Å². The van der Waals surface area contributed by atoms with Crippen molar-refractivity contribution in [3.63, 3.8) is 0 Å². The summed E-state index contributed by atoms with van der Waals surface area (Å²) in [5, 5.41) is 3.19. The van der Waals surface area contributed by atoms with Crippen LogP contribution in [0.1, 0.15) is 5.56 Å². The molecule has 0 spiro atoms. The van der Waals surface area contributed by atoms with Crippen LogP contribution in [0.15, 0.2) is 48.8 Å². The fourth-order valence-corrected chi connectivity index (χ4v) is 2.75. The molecule has 0 radical (unpaired) electrons. The van der Waals surface area contributed by atoms with Gasteiger partial charge in [-0.15, -0.1) is 21.2 Å². The van der Waals surface area contributed by atoms with E-state index < -0.39 is 6.29 Å². The molecule has 2 aromatic heterocycles. The highest BCUT2D eigenvalue weighted by atomic mass is 35.5. The van der Waals surface area contributed by atoms with Gasteiger partial charge < -0.3 is 19.5 Å². The third-order valence-corrected chi connectivity index (χ3v) is 4.03. The second-order valence-corrected chi connectivity index (χ2v) is 5.99. The zero-order valence-corrected chi connectivity index (χ0v) is 16.1. The van der Waals surface area contributed by atoms with Gasteiger partial charge in [-0.2, -0.15) is 9.97 Å². The van der Waals surface area contributed by atoms with E-state index in [4.69, 9.17) is 4.74 Å². The van der Waals surface area contributed by atoms with E-state index in [0.29, 0.717) is 24.5 Å². The first kappa shape index (κ1) is 20.5. The Balaban J connectivity index is 0.00000240. The molecule has 0 atom stereocenters. The molecule has 1 aliphatic rings. The minimum Gasteiger partial charge on any atom is -0.467 e. The van der Waals surface area contributed by atoms with Gasteiger partial charge in [-0.3, -0.25) is 4.98 Å². The van der Waals surface area contributed by atoms with Crippen molar-refractivity contribution in [1.29, 1.82) is 0 Å². The number of rotatable bonds is 6. The number of hydrogen-bond acceptors (Lipinski definition) is 7. The summed E-state index contributed by atoms with van der Waals surface area (Å²) in [5.74, 6) is 0.645. The van der Waals surface area contributed by atoms with Crippen molar-refractivity contribution >= 4 is 18.2 Å². The number of nitrogens with zero attached hydrogens (tertiary/aromatic N) is 3. The van der Waals surface area contributed by atoms with Crippen LogP contribution in [0.4, 0.5) is 14.6 Å². The highest BCUT2D eigenvalue weighted by molar-refractivity contribution is 5.85. The van der Waals surface area contributed by atoms with Crippen molar-refractivity contribution < 1.29 is 23.0 Å². The molecule has 7 nitrogen and oxygen atoms in total. The number of alkyl halides is 2. The fourth-order valence-electron chi connectivity index (χ4n) is 2.75. The largest absolute Gasteiger partial charge is 0.586 e. The van der Waals surface area contributed by atoms with E-state index >= 15 is 0 Å². The number of nitrogens with one attached hydrogen (secondary N) is 1. The fraction of sp³-hybridized carbons (Fsp3) is 0.211. The first-order valence-electron chi connectivity index (χ1n) is 8.48. The Hall–Kier alpha value is -3.20. The highest BCUT2D eigenvalue weighted by Gasteiger charge is 2.43. The Morgan fingerprint density at radius 3 is 2.69 bits per heavy atom. The van der Waals surface area contributed by atoms with Gasteiger partial charge in [-0.05, 0) is 36.2 Å². The number of hydrogen-bond donors (Lipinski definition) is 1. The van der Waals surface area contributed by atoms with Crippen LogP contribution >= 0.6 is 12.4 Å². The lowest BCUT2D eigenvalue weighted by atomic mass is 10.1. The SMILES string of the molecule is COc1nc(NCCc2ccc3c(c2)OC(F)(F)O3)cc(-c2cccnc2)n1.Cl. The number of aromatic nitrogens is 3. The number of halogens is 3. The van der Waals surface area contributed by atoms with Crippen LogP contribution in [-0.4, -0.2) is 34.9 Å². The van der Waals surface area contributed by atoms with Crippen LogP contribution in [0.3, 0.4) is 0 Å². The van der Waals surface area contributed by atoms with Crippen molar-refractivity contribution in [3.8, 4) is 28.8 Å². The van der Waals surface area contributed by atoms with Gasteiger partial charge in [-0.25, -0.2) is 0 Å². The smallest absolute Gasteiger partial charge is 0.467 e. The van der Waals surface area contributed by atoms with Crippen molar-refractivity contribution in [3.05, 3.63) is 54.4 Å². The first-order chi connectivity index (χ1) is 13.5. The summed E-state index contributed by atoms with van der Waals surface area (Å²) in [6, 6.07) is 10.5. The summed E-state index contributed by atoms with van der Waals surface area (Å²) in [4.78, 5) is 12.7. The number of benzene rings is 1. The molecular formula is C19H17ClF2N4O3. The Labute approximate surface area is 171 Å². The summed E-state index contributed by atoms with van der Waals surface area (Å²) < 4.78 is 40.2. The molecule has 0 saturated carbocycles. The molecule has 0 bridgehead atoms. The molecule has 0 aliphatic carbocycles. The average molecular weight is 423 g/mol. The molecular weight excluding hydrogens is 406 g/mol. The predicted octanol–water partition coefficient (Wildman–Crippen LogP) is 3.95. The molecule has 3 aromatic rings. The number of ether oxygens (including phenoxy) is 3.